The molecule has 1 aromatic carbocycles. The Kier molecular flexibility index (Phi) is 3.64. The lowest BCUT2D eigenvalue weighted by molar-refractivity contribution is 0.482. The molecule has 86 valence electrons. The van der Waals surface area contributed by atoms with Crippen molar-refractivity contribution < 1.29 is 13.0 Å². The smallest absolute Gasteiger partial charge is 0.282 e. The van der Waals surface area contributed by atoms with Gasteiger partial charge in [-0.3, -0.25) is 4.55 Å². The number of allylic oxidation sites excluding steroid dienone is 1. The average Bonchev–Trinajstić information content (AvgIpc) is 2.26. The number of hydrogen-bond donors (Lipinski definition) is 1. The summed E-state index contributed by atoms with van der Waals surface area (Å²) in [4.78, 5) is -0.235. The number of nitrogens with zero attached hydrogens (tertiary/aromatic N) is 2. The van der Waals surface area contributed by atoms with Gasteiger partial charge in [-0.05, 0) is 30.2 Å². The SMILES string of the molecule is Cc1ccc(C=C(C#N)C#N)cc1S(=O)(=O)O. The molecule has 0 saturated heterocycles. The third-order valence-electron chi connectivity index (χ3n) is 2.04. The van der Waals surface area contributed by atoms with Crippen LogP contribution in [-0.2, 0) is 10.1 Å². The maximum atomic E-state index is 11.0. The molecule has 0 aromatic heterocycles. The van der Waals surface area contributed by atoms with Gasteiger partial charge in [-0.1, -0.05) is 12.1 Å². The first-order valence-corrected chi connectivity index (χ1v) is 5.92. The van der Waals surface area contributed by atoms with Gasteiger partial charge in [-0.15, -0.1) is 0 Å². The van der Waals surface area contributed by atoms with Crippen LogP contribution in [0.25, 0.3) is 6.08 Å². The van der Waals surface area contributed by atoms with E-state index in [0.29, 0.717) is 11.1 Å². The Balaban J connectivity index is 3.40. The highest BCUT2D eigenvalue weighted by Gasteiger charge is 2.13. The maximum absolute atomic E-state index is 11.0. The van der Waals surface area contributed by atoms with Gasteiger partial charge in [0.25, 0.3) is 10.1 Å². The van der Waals surface area contributed by atoms with E-state index in [1.807, 2.05) is 0 Å². The molecule has 0 atom stereocenters. The number of nitriles is 2. The molecular formula is C11H8N2O3S. The van der Waals surface area contributed by atoms with Crippen molar-refractivity contribution in [2.45, 2.75) is 11.8 Å². The van der Waals surface area contributed by atoms with Gasteiger partial charge in [0.05, 0.1) is 4.90 Å². The molecule has 0 saturated carbocycles. The van der Waals surface area contributed by atoms with E-state index in [-0.39, 0.29) is 10.5 Å². The largest absolute Gasteiger partial charge is 0.294 e. The number of hydrogen-bond acceptors (Lipinski definition) is 4. The van der Waals surface area contributed by atoms with Crippen molar-refractivity contribution in [3.8, 4) is 12.1 Å². The second-order valence-electron chi connectivity index (χ2n) is 3.28. The summed E-state index contributed by atoms with van der Waals surface area (Å²) < 4.78 is 31.0. The van der Waals surface area contributed by atoms with Crippen molar-refractivity contribution in [3.63, 3.8) is 0 Å². The Hall–Kier alpha value is -2.15. The zero-order valence-corrected chi connectivity index (χ0v) is 9.69. The van der Waals surface area contributed by atoms with Crippen LogP contribution in [0.15, 0.2) is 28.7 Å². The molecule has 6 heteroatoms. The van der Waals surface area contributed by atoms with Gasteiger partial charge in [0.2, 0.25) is 0 Å². The minimum atomic E-state index is -4.30. The van der Waals surface area contributed by atoms with E-state index < -0.39 is 10.1 Å². The van der Waals surface area contributed by atoms with Crippen LogP contribution in [0.2, 0.25) is 0 Å². The lowest BCUT2D eigenvalue weighted by atomic mass is 10.1. The Morgan fingerprint density at radius 1 is 1.35 bits per heavy atom. The van der Waals surface area contributed by atoms with Gasteiger partial charge in [0, 0.05) is 0 Å². The lowest BCUT2D eigenvalue weighted by Crippen LogP contribution is -2.01. The summed E-state index contributed by atoms with van der Waals surface area (Å²) in [5, 5.41) is 17.1. The number of benzene rings is 1. The Morgan fingerprint density at radius 2 is 1.94 bits per heavy atom. The van der Waals surface area contributed by atoms with E-state index in [9.17, 15) is 8.42 Å². The zero-order chi connectivity index (χ0) is 13.1. The topological polar surface area (TPSA) is 102 Å². The molecule has 0 heterocycles. The van der Waals surface area contributed by atoms with E-state index >= 15 is 0 Å². The summed E-state index contributed by atoms with van der Waals surface area (Å²) >= 11 is 0. The van der Waals surface area contributed by atoms with Gasteiger partial charge in [0.15, 0.2) is 0 Å². The summed E-state index contributed by atoms with van der Waals surface area (Å²) in [6.45, 7) is 1.53. The van der Waals surface area contributed by atoms with Crippen LogP contribution in [0.4, 0.5) is 0 Å². The molecule has 0 unspecified atom stereocenters. The van der Waals surface area contributed by atoms with Crippen LogP contribution in [0.3, 0.4) is 0 Å². The maximum Gasteiger partial charge on any atom is 0.294 e. The van der Waals surface area contributed by atoms with Crippen molar-refractivity contribution in [1.82, 2.24) is 0 Å². The molecule has 0 amide bonds. The second kappa shape index (κ2) is 4.79. The molecular weight excluding hydrogens is 240 g/mol. The van der Waals surface area contributed by atoms with E-state index in [1.165, 1.54) is 25.1 Å². The molecule has 1 rings (SSSR count). The molecule has 1 aromatic rings. The molecule has 5 nitrogen and oxygen atoms in total. The first kappa shape index (κ1) is 12.9. The van der Waals surface area contributed by atoms with E-state index in [1.54, 1.807) is 18.2 Å². The van der Waals surface area contributed by atoms with Crippen molar-refractivity contribution in [3.05, 3.63) is 34.9 Å². The fraction of sp³-hybridized carbons (Fsp3) is 0.0909. The van der Waals surface area contributed by atoms with Gasteiger partial charge < -0.3 is 0 Å². The van der Waals surface area contributed by atoms with Crippen molar-refractivity contribution >= 4 is 16.2 Å². The van der Waals surface area contributed by atoms with Crippen LogP contribution >= 0.6 is 0 Å². The van der Waals surface area contributed by atoms with Gasteiger partial charge in [-0.25, -0.2) is 0 Å². The third kappa shape index (κ3) is 3.15. The minimum Gasteiger partial charge on any atom is -0.282 e. The predicted octanol–water partition coefficient (Wildman–Crippen LogP) is 1.67. The molecule has 17 heavy (non-hydrogen) atoms. The Morgan fingerprint density at radius 3 is 2.41 bits per heavy atom. The standard InChI is InChI=1S/C11H8N2O3S/c1-8-2-3-9(4-10(6-12)7-13)5-11(8)17(14,15)16/h2-5H,1H3,(H,14,15,16). The third-order valence-corrected chi connectivity index (χ3v) is 3.04. The minimum absolute atomic E-state index is 0.143. The van der Waals surface area contributed by atoms with E-state index in [2.05, 4.69) is 0 Å². The lowest BCUT2D eigenvalue weighted by Gasteiger charge is -2.03. The summed E-state index contributed by atoms with van der Waals surface area (Å²) in [6.07, 6.45) is 1.24. The van der Waals surface area contributed by atoms with Gasteiger partial charge in [0.1, 0.15) is 17.7 Å². The highest BCUT2D eigenvalue weighted by molar-refractivity contribution is 7.85. The molecule has 0 aliphatic rings. The van der Waals surface area contributed by atoms with Gasteiger partial charge in [-0.2, -0.15) is 18.9 Å². The molecule has 0 fully saturated rings. The Bertz CT molecular complexity index is 645. The molecule has 0 bridgehead atoms. The van der Waals surface area contributed by atoms with Gasteiger partial charge >= 0.3 is 0 Å². The fourth-order valence-corrected chi connectivity index (χ4v) is 2.00. The summed E-state index contributed by atoms with van der Waals surface area (Å²) in [5.41, 5.74) is 0.608. The highest BCUT2D eigenvalue weighted by atomic mass is 32.2. The normalized spacial score (nSPS) is 10.1. The molecule has 0 spiro atoms. The van der Waals surface area contributed by atoms with Crippen LogP contribution in [0.5, 0.6) is 0 Å². The van der Waals surface area contributed by atoms with Crippen molar-refractivity contribution in [2.24, 2.45) is 0 Å². The first-order valence-electron chi connectivity index (χ1n) is 4.48. The summed E-state index contributed by atoms with van der Waals surface area (Å²) in [6, 6.07) is 7.57. The monoisotopic (exact) mass is 248 g/mol. The predicted molar refractivity (Wildman–Crippen MR) is 60.2 cm³/mol. The average molecular weight is 248 g/mol. The van der Waals surface area contributed by atoms with Crippen LogP contribution in [-0.4, -0.2) is 13.0 Å². The molecule has 0 radical (unpaired) electrons. The fourth-order valence-electron chi connectivity index (χ4n) is 1.24. The van der Waals surface area contributed by atoms with Crippen molar-refractivity contribution in [1.29, 1.82) is 10.5 Å². The summed E-state index contributed by atoms with van der Waals surface area (Å²) in [5.74, 6) is 0. The molecule has 1 N–H and O–H groups in total. The number of aryl methyl sites for hydroxylation is 1. The van der Waals surface area contributed by atoms with Crippen molar-refractivity contribution in [2.75, 3.05) is 0 Å². The Labute approximate surface area is 99.0 Å². The van der Waals surface area contributed by atoms with Crippen LogP contribution in [0.1, 0.15) is 11.1 Å². The first-order chi connectivity index (χ1) is 7.88. The molecule has 0 aliphatic heterocycles. The number of rotatable bonds is 2. The second-order valence-corrected chi connectivity index (χ2v) is 4.67. The molecule has 0 aliphatic carbocycles. The quantitative estimate of drug-likeness (QED) is 0.633. The van der Waals surface area contributed by atoms with Crippen LogP contribution < -0.4 is 0 Å². The van der Waals surface area contributed by atoms with E-state index in [0.717, 1.165) is 0 Å². The van der Waals surface area contributed by atoms with Crippen LogP contribution in [0, 0.1) is 29.6 Å². The summed E-state index contributed by atoms with van der Waals surface area (Å²) in [7, 11) is -4.30. The highest BCUT2D eigenvalue weighted by Crippen LogP contribution is 2.18. The van der Waals surface area contributed by atoms with E-state index in [4.69, 9.17) is 15.1 Å². The zero-order valence-electron chi connectivity index (χ0n) is 8.88.